The Kier molecular flexibility index (Phi) is 4.54. The van der Waals surface area contributed by atoms with E-state index in [1.54, 1.807) is 0 Å². The third kappa shape index (κ3) is 4.36. The summed E-state index contributed by atoms with van der Waals surface area (Å²) < 4.78 is 25.0. The van der Waals surface area contributed by atoms with E-state index in [0.29, 0.717) is 0 Å². The molecule has 0 fully saturated rings. The zero-order chi connectivity index (χ0) is 13.1. The van der Waals surface area contributed by atoms with E-state index in [0.717, 1.165) is 17.8 Å². The Morgan fingerprint density at radius 2 is 2.18 bits per heavy atom. The molecule has 0 aliphatic carbocycles. The highest BCUT2D eigenvalue weighted by molar-refractivity contribution is 7.88. The summed E-state index contributed by atoms with van der Waals surface area (Å²) in [7, 11) is -3.20. The predicted octanol–water partition coefficient (Wildman–Crippen LogP) is 1.52. The van der Waals surface area contributed by atoms with Crippen LogP contribution in [0.1, 0.15) is 19.4 Å². The van der Waals surface area contributed by atoms with Gasteiger partial charge in [-0.3, -0.25) is 0 Å². The number of anilines is 1. The summed E-state index contributed by atoms with van der Waals surface area (Å²) in [5.41, 5.74) is 2.03. The van der Waals surface area contributed by atoms with Crippen molar-refractivity contribution in [3.05, 3.63) is 29.8 Å². The van der Waals surface area contributed by atoms with Gasteiger partial charge < -0.3 is 4.90 Å². The highest BCUT2D eigenvalue weighted by Gasteiger charge is 2.16. The first-order valence-electron chi connectivity index (χ1n) is 5.55. The van der Waals surface area contributed by atoms with Gasteiger partial charge in [-0.2, -0.15) is 4.72 Å². The normalized spacial score (nSPS) is 13.4. The molecule has 0 saturated heterocycles. The van der Waals surface area contributed by atoms with Gasteiger partial charge in [0.15, 0.2) is 0 Å². The standard InChI is InChI=1S/C12H19N2O2S/c1-5-14(11(3)13-17(4,15)16)12-8-6-7-10(2)9-12/h6,8-9,11,13H,5H2,1-4H3. The van der Waals surface area contributed by atoms with Crippen LogP contribution in [0.25, 0.3) is 0 Å². The fourth-order valence-corrected chi connectivity index (χ4v) is 2.55. The summed E-state index contributed by atoms with van der Waals surface area (Å²) in [5.74, 6) is 0. The van der Waals surface area contributed by atoms with Gasteiger partial charge in [-0.1, -0.05) is 6.07 Å². The maximum Gasteiger partial charge on any atom is 0.210 e. The molecule has 1 aromatic carbocycles. The highest BCUT2D eigenvalue weighted by Crippen LogP contribution is 2.17. The molecule has 0 aromatic heterocycles. The van der Waals surface area contributed by atoms with Crippen molar-refractivity contribution in [2.75, 3.05) is 17.7 Å². The number of hydrogen-bond acceptors (Lipinski definition) is 3. The molecular formula is C12H19N2O2S. The Bertz CT molecular complexity index is 471. The van der Waals surface area contributed by atoms with E-state index in [1.807, 2.05) is 43.9 Å². The lowest BCUT2D eigenvalue weighted by Gasteiger charge is -2.30. The molecule has 0 amide bonds. The second-order valence-corrected chi connectivity index (χ2v) is 5.86. The van der Waals surface area contributed by atoms with Crippen LogP contribution in [0, 0.1) is 13.0 Å². The predicted molar refractivity (Wildman–Crippen MR) is 70.5 cm³/mol. The molecule has 95 valence electrons. The SMILES string of the molecule is CCN(c1cc[c]c(C)c1)C(C)NS(C)(=O)=O. The van der Waals surface area contributed by atoms with Gasteiger partial charge in [-0.15, -0.1) is 0 Å². The molecule has 1 aromatic rings. The van der Waals surface area contributed by atoms with Crippen molar-refractivity contribution in [1.29, 1.82) is 0 Å². The average molecular weight is 255 g/mol. The van der Waals surface area contributed by atoms with E-state index >= 15 is 0 Å². The first-order chi connectivity index (χ1) is 7.83. The summed E-state index contributed by atoms with van der Waals surface area (Å²) in [6, 6.07) is 8.84. The molecule has 0 bridgehead atoms. The molecule has 17 heavy (non-hydrogen) atoms. The van der Waals surface area contributed by atoms with E-state index in [9.17, 15) is 8.42 Å². The third-order valence-corrected chi connectivity index (χ3v) is 3.22. The molecule has 1 N–H and O–H groups in total. The van der Waals surface area contributed by atoms with Crippen molar-refractivity contribution in [1.82, 2.24) is 4.72 Å². The molecule has 1 radical (unpaired) electrons. The van der Waals surface area contributed by atoms with Crippen LogP contribution in [0.15, 0.2) is 18.2 Å². The van der Waals surface area contributed by atoms with E-state index in [-0.39, 0.29) is 6.17 Å². The third-order valence-electron chi connectivity index (χ3n) is 2.45. The van der Waals surface area contributed by atoms with Crippen LogP contribution in [0.3, 0.4) is 0 Å². The van der Waals surface area contributed by atoms with Crippen LogP contribution >= 0.6 is 0 Å². The Morgan fingerprint density at radius 3 is 2.65 bits per heavy atom. The number of sulfonamides is 1. The zero-order valence-corrected chi connectivity index (χ0v) is 11.5. The van der Waals surface area contributed by atoms with E-state index < -0.39 is 10.0 Å². The van der Waals surface area contributed by atoms with Crippen LogP contribution in [-0.4, -0.2) is 27.4 Å². The Hall–Kier alpha value is -1.07. The summed E-state index contributed by atoms with van der Waals surface area (Å²) in [6.07, 6.45) is 0.901. The topological polar surface area (TPSA) is 49.4 Å². The minimum absolute atomic E-state index is 0.267. The first kappa shape index (κ1) is 14.0. The van der Waals surface area contributed by atoms with Crippen LogP contribution in [-0.2, 0) is 10.0 Å². The summed E-state index contributed by atoms with van der Waals surface area (Å²) in [4.78, 5) is 1.99. The minimum Gasteiger partial charge on any atom is -0.356 e. The minimum atomic E-state index is -3.20. The van der Waals surface area contributed by atoms with E-state index in [2.05, 4.69) is 10.8 Å². The first-order valence-corrected chi connectivity index (χ1v) is 7.45. The summed E-state index contributed by atoms with van der Waals surface area (Å²) in [6.45, 7) is 6.52. The molecule has 1 unspecified atom stereocenters. The molecule has 5 heteroatoms. The Balaban J connectivity index is 2.92. The maximum absolute atomic E-state index is 11.2. The lowest BCUT2D eigenvalue weighted by Crippen LogP contribution is -2.46. The van der Waals surface area contributed by atoms with Gasteiger partial charge in [0.25, 0.3) is 0 Å². The molecule has 0 aliphatic heterocycles. The largest absolute Gasteiger partial charge is 0.356 e. The molecule has 1 atom stereocenters. The van der Waals surface area contributed by atoms with Crippen molar-refractivity contribution < 1.29 is 8.42 Å². The monoisotopic (exact) mass is 255 g/mol. The lowest BCUT2D eigenvalue weighted by molar-refractivity contribution is 0.555. The quantitative estimate of drug-likeness (QED) is 0.812. The number of benzene rings is 1. The van der Waals surface area contributed by atoms with E-state index in [1.165, 1.54) is 6.26 Å². The van der Waals surface area contributed by atoms with Crippen LogP contribution in [0.5, 0.6) is 0 Å². The van der Waals surface area contributed by atoms with Crippen molar-refractivity contribution in [3.8, 4) is 0 Å². The van der Waals surface area contributed by atoms with Crippen molar-refractivity contribution >= 4 is 15.7 Å². The summed E-state index contributed by atoms with van der Waals surface area (Å²) >= 11 is 0. The van der Waals surface area contributed by atoms with Gasteiger partial charge in [0.1, 0.15) is 0 Å². The number of aryl methyl sites for hydroxylation is 1. The number of hydrogen-bond donors (Lipinski definition) is 1. The summed E-state index contributed by atoms with van der Waals surface area (Å²) in [5, 5.41) is 0. The fourth-order valence-electron chi connectivity index (χ4n) is 1.80. The second-order valence-electron chi connectivity index (χ2n) is 4.08. The lowest BCUT2D eigenvalue weighted by atomic mass is 10.2. The van der Waals surface area contributed by atoms with Crippen LogP contribution in [0.4, 0.5) is 5.69 Å². The Morgan fingerprint density at radius 1 is 1.53 bits per heavy atom. The molecular weight excluding hydrogens is 236 g/mol. The van der Waals surface area contributed by atoms with Gasteiger partial charge in [0.2, 0.25) is 10.0 Å². The highest BCUT2D eigenvalue weighted by atomic mass is 32.2. The fraction of sp³-hybridized carbons (Fsp3) is 0.500. The number of nitrogens with zero attached hydrogens (tertiary/aromatic N) is 1. The molecule has 1 rings (SSSR count). The smallest absolute Gasteiger partial charge is 0.210 e. The molecule has 0 heterocycles. The van der Waals surface area contributed by atoms with E-state index in [4.69, 9.17) is 0 Å². The average Bonchev–Trinajstić information content (AvgIpc) is 2.15. The van der Waals surface area contributed by atoms with Gasteiger partial charge in [0, 0.05) is 12.2 Å². The van der Waals surface area contributed by atoms with Crippen molar-refractivity contribution in [2.45, 2.75) is 26.9 Å². The van der Waals surface area contributed by atoms with Crippen LogP contribution in [0.2, 0.25) is 0 Å². The Labute approximate surface area is 104 Å². The molecule has 0 aliphatic rings. The maximum atomic E-state index is 11.2. The van der Waals surface area contributed by atoms with Gasteiger partial charge >= 0.3 is 0 Å². The molecule has 4 nitrogen and oxygen atoms in total. The van der Waals surface area contributed by atoms with Gasteiger partial charge in [-0.25, -0.2) is 8.42 Å². The molecule has 0 saturated carbocycles. The second kappa shape index (κ2) is 5.51. The van der Waals surface area contributed by atoms with Gasteiger partial charge in [0.05, 0.1) is 12.4 Å². The van der Waals surface area contributed by atoms with Crippen molar-refractivity contribution in [2.24, 2.45) is 0 Å². The zero-order valence-electron chi connectivity index (χ0n) is 10.7. The number of nitrogens with one attached hydrogen (secondary N) is 1. The molecule has 0 spiro atoms. The van der Waals surface area contributed by atoms with Crippen LogP contribution < -0.4 is 9.62 Å². The number of rotatable bonds is 5. The van der Waals surface area contributed by atoms with Crippen molar-refractivity contribution in [3.63, 3.8) is 0 Å². The van der Waals surface area contributed by atoms with Gasteiger partial charge in [-0.05, 0) is 44.5 Å².